The first-order valence-corrected chi connectivity index (χ1v) is 5.86. The van der Waals surface area contributed by atoms with Gasteiger partial charge in [0.1, 0.15) is 5.78 Å². The molecule has 17 heavy (non-hydrogen) atoms. The van der Waals surface area contributed by atoms with Gasteiger partial charge in [0, 0.05) is 6.42 Å². The molecule has 0 aliphatic heterocycles. The summed E-state index contributed by atoms with van der Waals surface area (Å²) < 4.78 is 4.99. The van der Waals surface area contributed by atoms with Crippen molar-refractivity contribution in [3.8, 4) is 0 Å². The SMILES string of the molecule is CCOC(=O)c1ccc(CC(C)=O)cc1CC. The van der Waals surface area contributed by atoms with Gasteiger partial charge in [0.25, 0.3) is 0 Å². The lowest BCUT2D eigenvalue weighted by Crippen LogP contribution is -2.09. The molecule has 0 amide bonds. The Balaban J connectivity index is 3.00. The molecule has 0 fully saturated rings. The molecule has 0 N–H and O–H groups in total. The predicted octanol–water partition coefficient (Wildman–Crippen LogP) is 2.56. The van der Waals surface area contributed by atoms with E-state index in [1.54, 1.807) is 19.9 Å². The van der Waals surface area contributed by atoms with Crippen LogP contribution in [0, 0.1) is 0 Å². The van der Waals surface area contributed by atoms with Crippen LogP contribution in [0.3, 0.4) is 0 Å². The maximum absolute atomic E-state index is 11.7. The van der Waals surface area contributed by atoms with Gasteiger partial charge in [0.2, 0.25) is 0 Å². The second kappa shape index (κ2) is 6.18. The van der Waals surface area contributed by atoms with E-state index in [1.807, 2.05) is 19.1 Å². The highest BCUT2D eigenvalue weighted by Gasteiger charge is 2.12. The Hall–Kier alpha value is -1.64. The van der Waals surface area contributed by atoms with Crippen molar-refractivity contribution < 1.29 is 14.3 Å². The average molecular weight is 234 g/mol. The summed E-state index contributed by atoms with van der Waals surface area (Å²) in [6.07, 6.45) is 1.16. The van der Waals surface area contributed by atoms with E-state index in [0.29, 0.717) is 18.6 Å². The van der Waals surface area contributed by atoms with Crippen molar-refractivity contribution in [1.82, 2.24) is 0 Å². The van der Waals surface area contributed by atoms with Crippen LogP contribution in [-0.4, -0.2) is 18.4 Å². The fraction of sp³-hybridized carbons (Fsp3) is 0.429. The second-order valence-corrected chi connectivity index (χ2v) is 3.94. The molecule has 0 aliphatic rings. The number of carbonyl (C=O) groups excluding carboxylic acids is 2. The molecule has 0 bridgehead atoms. The lowest BCUT2D eigenvalue weighted by Gasteiger charge is -2.09. The molecule has 0 aliphatic carbocycles. The smallest absolute Gasteiger partial charge is 0.338 e. The first-order valence-electron chi connectivity index (χ1n) is 5.86. The third-order valence-electron chi connectivity index (χ3n) is 2.50. The molecule has 0 saturated heterocycles. The summed E-state index contributed by atoms with van der Waals surface area (Å²) in [4.78, 5) is 22.7. The fourth-order valence-corrected chi connectivity index (χ4v) is 1.74. The zero-order valence-corrected chi connectivity index (χ0v) is 10.6. The Morgan fingerprint density at radius 1 is 1.24 bits per heavy atom. The van der Waals surface area contributed by atoms with E-state index in [4.69, 9.17) is 4.74 Å². The van der Waals surface area contributed by atoms with Crippen LogP contribution in [0.2, 0.25) is 0 Å². The molecule has 0 aromatic heterocycles. The number of aryl methyl sites for hydroxylation is 1. The number of benzene rings is 1. The monoisotopic (exact) mass is 234 g/mol. The maximum Gasteiger partial charge on any atom is 0.338 e. The Labute approximate surface area is 102 Å². The van der Waals surface area contributed by atoms with Crippen molar-refractivity contribution in [1.29, 1.82) is 0 Å². The Morgan fingerprint density at radius 2 is 1.94 bits per heavy atom. The first-order chi connectivity index (χ1) is 8.08. The van der Waals surface area contributed by atoms with Crippen molar-refractivity contribution >= 4 is 11.8 Å². The van der Waals surface area contributed by atoms with Gasteiger partial charge in [0.15, 0.2) is 0 Å². The van der Waals surface area contributed by atoms with E-state index in [2.05, 4.69) is 0 Å². The van der Waals surface area contributed by atoms with Gasteiger partial charge in [-0.25, -0.2) is 4.79 Å². The highest BCUT2D eigenvalue weighted by atomic mass is 16.5. The number of hydrogen-bond donors (Lipinski definition) is 0. The molecule has 0 saturated carbocycles. The summed E-state index contributed by atoms with van der Waals surface area (Å²) in [7, 11) is 0. The van der Waals surface area contributed by atoms with Gasteiger partial charge in [-0.2, -0.15) is 0 Å². The number of esters is 1. The van der Waals surface area contributed by atoms with Gasteiger partial charge in [-0.05, 0) is 37.5 Å². The molecule has 0 atom stereocenters. The minimum atomic E-state index is -0.293. The summed E-state index contributed by atoms with van der Waals surface area (Å²) in [5, 5.41) is 0. The lowest BCUT2D eigenvalue weighted by molar-refractivity contribution is -0.116. The molecule has 3 nitrogen and oxygen atoms in total. The highest BCUT2D eigenvalue weighted by Crippen LogP contribution is 2.15. The average Bonchev–Trinajstić information content (AvgIpc) is 2.28. The third-order valence-corrected chi connectivity index (χ3v) is 2.50. The topological polar surface area (TPSA) is 43.4 Å². The number of ketones is 1. The Morgan fingerprint density at radius 3 is 2.47 bits per heavy atom. The minimum Gasteiger partial charge on any atom is -0.462 e. The van der Waals surface area contributed by atoms with E-state index in [-0.39, 0.29) is 11.8 Å². The maximum atomic E-state index is 11.7. The van der Waals surface area contributed by atoms with Crippen molar-refractivity contribution in [2.24, 2.45) is 0 Å². The molecule has 0 heterocycles. The standard InChI is InChI=1S/C14H18O3/c1-4-12-9-11(8-10(3)15)6-7-13(12)14(16)17-5-2/h6-7,9H,4-5,8H2,1-3H3. The first kappa shape index (κ1) is 13.4. The molecule has 1 aromatic carbocycles. The van der Waals surface area contributed by atoms with E-state index in [0.717, 1.165) is 17.5 Å². The van der Waals surface area contributed by atoms with E-state index >= 15 is 0 Å². The molecular weight excluding hydrogens is 216 g/mol. The Bertz CT molecular complexity index is 421. The molecule has 1 rings (SSSR count). The fourth-order valence-electron chi connectivity index (χ4n) is 1.74. The number of carbonyl (C=O) groups is 2. The largest absolute Gasteiger partial charge is 0.462 e. The van der Waals surface area contributed by atoms with Gasteiger partial charge in [0.05, 0.1) is 12.2 Å². The quantitative estimate of drug-likeness (QED) is 0.735. The van der Waals surface area contributed by atoms with Crippen molar-refractivity contribution in [2.75, 3.05) is 6.61 Å². The van der Waals surface area contributed by atoms with Crippen LogP contribution in [0.4, 0.5) is 0 Å². The van der Waals surface area contributed by atoms with Crippen LogP contribution in [0.15, 0.2) is 18.2 Å². The third kappa shape index (κ3) is 3.70. The molecule has 92 valence electrons. The van der Waals surface area contributed by atoms with Gasteiger partial charge >= 0.3 is 5.97 Å². The van der Waals surface area contributed by atoms with Gasteiger partial charge in [-0.15, -0.1) is 0 Å². The van der Waals surface area contributed by atoms with E-state index in [1.165, 1.54) is 0 Å². The molecule has 1 aromatic rings. The summed E-state index contributed by atoms with van der Waals surface area (Å²) in [6, 6.07) is 5.47. The van der Waals surface area contributed by atoms with E-state index < -0.39 is 0 Å². The lowest BCUT2D eigenvalue weighted by atomic mass is 9.99. The van der Waals surface area contributed by atoms with Gasteiger partial charge in [-0.3, -0.25) is 4.79 Å². The summed E-state index contributed by atoms with van der Waals surface area (Å²) in [6.45, 7) is 5.70. The Kier molecular flexibility index (Phi) is 4.88. The normalized spacial score (nSPS) is 10.1. The summed E-state index contributed by atoms with van der Waals surface area (Å²) in [5.74, 6) is -0.172. The van der Waals surface area contributed by atoms with Crippen molar-refractivity contribution in [3.63, 3.8) is 0 Å². The molecular formula is C14H18O3. The number of hydrogen-bond acceptors (Lipinski definition) is 3. The van der Waals surface area contributed by atoms with Crippen molar-refractivity contribution in [3.05, 3.63) is 34.9 Å². The van der Waals surface area contributed by atoms with Gasteiger partial charge < -0.3 is 4.74 Å². The number of Topliss-reactive ketones (excluding diaryl/α,β-unsaturated/α-hetero) is 1. The highest BCUT2D eigenvalue weighted by molar-refractivity contribution is 5.91. The molecule has 0 unspecified atom stereocenters. The van der Waals surface area contributed by atoms with Crippen LogP contribution < -0.4 is 0 Å². The number of ether oxygens (including phenoxy) is 1. The molecule has 0 radical (unpaired) electrons. The van der Waals surface area contributed by atoms with Crippen LogP contribution in [-0.2, 0) is 22.4 Å². The second-order valence-electron chi connectivity index (χ2n) is 3.94. The van der Waals surface area contributed by atoms with Crippen LogP contribution in [0.25, 0.3) is 0 Å². The summed E-state index contributed by atoms with van der Waals surface area (Å²) in [5.41, 5.74) is 2.48. The molecule has 3 heteroatoms. The van der Waals surface area contributed by atoms with Gasteiger partial charge in [-0.1, -0.05) is 19.1 Å². The zero-order valence-electron chi connectivity index (χ0n) is 10.6. The summed E-state index contributed by atoms with van der Waals surface area (Å²) >= 11 is 0. The van der Waals surface area contributed by atoms with Crippen LogP contribution in [0.5, 0.6) is 0 Å². The minimum absolute atomic E-state index is 0.121. The van der Waals surface area contributed by atoms with Crippen molar-refractivity contribution in [2.45, 2.75) is 33.6 Å². The predicted molar refractivity (Wildman–Crippen MR) is 66.2 cm³/mol. The van der Waals surface area contributed by atoms with Crippen LogP contribution in [0.1, 0.15) is 42.3 Å². The van der Waals surface area contributed by atoms with Crippen LogP contribution >= 0.6 is 0 Å². The van der Waals surface area contributed by atoms with E-state index in [9.17, 15) is 9.59 Å². The number of rotatable bonds is 5. The zero-order chi connectivity index (χ0) is 12.8. The molecule has 0 spiro atoms.